The molecular formula is C8H10N3+. The molecule has 1 aromatic heterocycles. The first-order valence-corrected chi connectivity index (χ1v) is 3.53. The number of anilines is 1. The van der Waals surface area contributed by atoms with Gasteiger partial charge in [0, 0.05) is 0 Å². The molecule has 0 amide bonds. The molecule has 0 aliphatic heterocycles. The van der Waals surface area contributed by atoms with Crippen LogP contribution in [0.5, 0.6) is 0 Å². The van der Waals surface area contributed by atoms with E-state index < -0.39 is 0 Å². The minimum atomic E-state index is 0.602. The number of aromatic amines is 2. The Labute approximate surface area is 64.2 Å². The van der Waals surface area contributed by atoms with Crippen molar-refractivity contribution >= 4 is 17.0 Å². The van der Waals surface area contributed by atoms with Crippen LogP contribution in [0.3, 0.4) is 0 Å². The van der Waals surface area contributed by atoms with Gasteiger partial charge in [-0.25, -0.2) is 9.97 Å². The van der Waals surface area contributed by atoms with Gasteiger partial charge in [0.15, 0.2) is 0 Å². The van der Waals surface area contributed by atoms with Gasteiger partial charge in [-0.3, -0.25) is 5.73 Å². The van der Waals surface area contributed by atoms with E-state index in [0.29, 0.717) is 5.95 Å². The summed E-state index contributed by atoms with van der Waals surface area (Å²) < 4.78 is 0. The summed E-state index contributed by atoms with van der Waals surface area (Å²) in [6.07, 6.45) is 0. The number of aryl methyl sites for hydroxylation is 1. The van der Waals surface area contributed by atoms with Crippen LogP contribution in [-0.2, 0) is 0 Å². The molecule has 0 aliphatic rings. The average Bonchev–Trinajstić information content (AvgIpc) is 2.27. The Balaban J connectivity index is 2.82. The quantitative estimate of drug-likeness (QED) is 0.572. The maximum atomic E-state index is 5.53. The van der Waals surface area contributed by atoms with Crippen molar-refractivity contribution in [1.29, 1.82) is 0 Å². The molecule has 0 spiro atoms. The Morgan fingerprint density at radius 1 is 1.45 bits per heavy atom. The van der Waals surface area contributed by atoms with Gasteiger partial charge in [-0.1, -0.05) is 6.07 Å². The number of nitrogen functional groups attached to an aromatic ring is 1. The van der Waals surface area contributed by atoms with Crippen LogP contribution in [0.1, 0.15) is 5.56 Å². The van der Waals surface area contributed by atoms with E-state index in [9.17, 15) is 0 Å². The molecule has 11 heavy (non-hydrogen) atoms. The van der Waals surface area contributed by atoms with Crippen LogP contribution in [0.15, 0.2) is 18.2 Å². The van der Waals surface area contributed by atoms with Crippen LogP contribution in [-0.4, -0.2) is 4.98 Å². The van der Waals surface area contributed by atoms with E-state index in [2.05, 4.69) is 23.0 Å². The standard InChI is InChI=1S/C8H9N3/c1-5-2-3-6-7(4-5)11-8(9)10-6/h2-4H,1H3,(H3,9,10,11)/p+1. The third-order valence-electron chi connectivity index (χ3n) is 1.71. The molecule has 3 heteroatoms. The van der Waals surface area contributed by atoms with Crippen molar-refractivity contribution in [2.45, 2.75) is 6.92 Å². The molecule has 3 nitrogen and oxygen atoms in total. The van der Waals surface area contributed by atoms with Gasteiger partial charge in [0.1, 0.15) is 11.0 Å². The predicted molar refractivity (Wildman–Crippen MR) is 44.0 cm³/mol. The second-order valence-corrected chi connectivity index (χ2v) is 2.71. The molecule has 56 valence electrons. The number of hydrogen-bond acceptors (Lipinski definition) is 1. The lowest BCUT2D eigenvalue weighted by Gasteiger charge is -1.86. The molecule has 0 saturated heterocycles. The zero-order chi connectivity index (χ0) is 7.84. The summed E-state index contributed by atoms with van der Waals surface area (Å²) in [4.78, 5) is 6.03. The summed E-state index contributed by atoms with van der Waals surface area (Å²) in [5, 5.41) is 0. The molecule has 2 rings (SSSR count). The highest BCUT2D eigenvalue weighted by Crippen LogP contribution is 2.09. The van der Waals surface area contributed by atoms with Gasteiger partial charge in [-0.05, 0) is 24.6 Å². The lowest BCUT2D eigenvalue weighted by atomic mass is 10.2. The van der Waals surface area contributed by atoms with E-state index in [1.807, 2.05) is 12.1 Å². The third kappa shape index (κ3) is 0.941. The van der Waals surface area contributed by atoms with Crippen LogP contribution in [0.25, 0.3) is 11.0 Å². The number of benzene rings is 1. The molecule has 0 saturated carbocycles. The number of nitrogens with two attached hydrogens (primary N) is 1. The largest absolute Gasteiger partial charge is 0.351 e. The Hall–Kier alpha value is -1.51. The van der Waals surface area contributed by atoms with Gasteiger partial charge in [-0.2, -0.15) is 0 Å². The van der Waals surface area contributed by atoms with Crippen molar-refractivity contribution in [2.24, 2.45) is 0 Å². The van der Waals surface area contributed by atoms with E-state index in [1.165, 1.54) is 5.56 Å². The number of fused-ring (bicyclic) bond motifs is 1. The number of H-pyrrole nitrogens is 2. The fourth-order valence-corrected chi connectivity index (χ4v) is 1.19. The van der Waals surface area contributed by atoms with Crippen molar-refractivity contribution in [3.8, 4) is 0 Å². The van der Waals surface area contributed by atoms with Gasteiger partial charge in [0.05, 0.1) is 0 Å². The van der Waals surface area contributed by atoms with Gasteiger partial charge in [-0.15, -0.1) is 0 Å². The summed E-state index contributed by atoms with van der Waals surface area (Å²) in [6.45, 7) is 2.05. The van der Waals surface area contributed by atoms with E-state index in [-0.39, 0.29) is 0 Å². The lowest BCUT2D eigenvalue weighted by Crippen LogP contribution is -2.05. The monoisotopic (exact) mass is 148 g/mol. The number of rotatable bonds is 0. The normalized spacial score (nSPS) is 10.6. The molecule has 0 aliphatic carbocycles. The van der Waals surface area contributed by atoms with E-state index in [4.69, 9.17) is 5.73 Å². The van der Waals surface area contributed by atoms with Crippen LogP contribution in [0, 0.1) is 6.92 Å². The van der Waals surface area contributed by atoms with Crippen molar-refractivity contribution in [1.82, 2.24) is 4.98 Å². The smallest absolute Gasteiger partial charge is 0.290 e. The summed E-state index contributed by atoms with van der Waals surface area (Å²) >= 11 is 0. The molecule has 0 unspecified atom stereocenters. The Morgan fingerprint density at radius 2 is 2.27 bits per heavy atom. The molecule has 0 fully saturated rings. The minimum Gasteiger partial charge on any atom is -0.290 e. The molecule has 2 aromatic rings. The summed E-state index contributed by atoms with van der Waals surface area (Å²) in [6, 6.07) is 6.12. The topological polar surface area (TPSA) is 55.9 Å². The zero-order valence-electron chi connectivity index (χ0n) is 6.31. The first-order chi connectivity index (χ1) is 5.25. The maximum Gasteiger partial charge on any atom is 0.351 e. The summed E-state index contributed by atoms with van der Waals surface area (Å²) in [5.41, 5.74) is 8.87. The Kier molecular flexibility index (Phi) is 1.12. The summed E-state index contributed by atoms with van der Waals surface area (Å²) in [5.74, 6) is 0.602. The van der Waals surface area contributed by atoms with E-state index in [0.717, 1.165) is 11.0 Å². The highest BCUT2D eigenvalue weighted by atomic mass is 15.0. The second kappa shape index (κ2) is 1.99. The maximum absolute atomic E-state index is 5.53. The molecule has 1 aromatic carbocycles. The number of hydrogen-bond donors (Lipinski definition) is 2. The number of imidazole rings is 1. The fourth-order valence-electron chi connectivity index (χ4n) is 1.19. The number of aromatic nitrogens is 2. The first-order valence-electron chi connectivity index (χ1n) is 3.53. The first kappa shape index (κ1) is 6.22. The van der Waals surface area contributed by atoms with E-state index in [1.54, 1.807) is 0 Å². The molecule has 1 heterocycles. The Morgan fingerprint density at radius 3 is 3.09 bits per heavy atom. The minimum absolute atomic E-state index is 0.602. The molecule has 0 bridgehead atoms. The van der Waals surface area contributed by atoms with Crippen molar-refractivity contribution in [3.63, 3.8) is 0 Å². The van der Waals surface area contributed by atoms with Gasteiger partial charge in [0.2, 0.25) is 0 Å². The third-order valence-corrected chi connectivity index (χ3v) is 1.71. The van der Waals surface area contributed by atoms with E-state index >= 15 is 0 Å². The van der Waals surface area contributed by atoms with Gasteiger partial charge in [0.25, 0.3) is 0 Å². The SMILES string of the molecule is Cc1ccc2[nH+]c(N)[nH]c2c1. The molecule has 0 radical (unpaired) electrons. The second-order valence-electron chi connectivity index (χ2n) is 2.71. The van der Waals surface area contributed by atoms with Crippen LogP contribution in [0.2, 0.25) is 0 Å². The highest BCUT2D eigenvalue weighted by molar-refractivity contribution is 5.73. The average molecular weight is 148 g/mol. The van der Waals surface area contributed by atoms with Crippen molar-refractivity contribution < 1.29 is 4.98 Å². The Bertz CT molecular complexity index is 389. The van der Waals surface area contributed by atoms with Crippen molar-refractivity contribution in [3.05, 3.63) is 23.8 Å². The molecule has 0 atom stereocenters. The van der Waals surface area contributed by atoms with Crippen molar-refractivity contribution in [2.75, 3.05) is 5.73 Å². The predicted octanol–water partition coefficient (Wildman–Crippen LogP) is 0.873. The molecule has 4 N–H and O–H groups in total. The van der Waals surface area contributed by atoms with Gasteiger partial charge < -0.3 is 0 Å². The highest BCUT2D eigenvalue weighted by Gasteiger charge is 2.02. The molecular weight excluding hydrogens is 138 g/mol. The van der Waals surface area contributed by atoms with Crippen LogP contribution in [0.4, 0.5) is 5.95 Å². The number of nitrogens with one attached hydrogen (secondary N) is 2. The fraction of sp³-hybridized carbons (Fsp3) is 0.125. The van der Waals surface area contributed by atoms with Crippen LogP contribution < -0.4 is 10.7 Å². The van der Waals surface area contributed by atoms with Gasteiger partial charge >= 0.3 is 5.95 Å². The summed E-state index contributed by atoms with van der Waals surface area (Å²) in [7, 11) is 0. The zero-order valence-corrected chi connectivity index (χ0v) is 6.31. The lowest BCUT2D eigenvalue weighted by molar-refractivity contribution is -0.325. The van der Waals surface area contributed by atoms with Crippen LogP contribution >= 0.6 is 0 Å².